The molecule has 2 rings (SSSR count). The molecule has 156 valence electrons. The fraction of sp³-hybridized carbons (Fsp3) is 0.364. The average molecular weight is 399 g/mol. The predicted molar refractivity (Wildman–Crippen MR) is 115 cm³/mol. The smallest absolute Gasteiger partial charge is 0.257 e. The van der Waals surface area contributed by atoms with E-state index in [0.29, 0.717) is 25.4 Å². The molecule has 29 heavy (non-hydrogen) atoms. The van der Waals surface area contributed by atoms with Gasteiger partial charge in [-0.2, -0.15) is 0 Å². The number of hydrogen-bond donors (Lipinski definition) is 3. The Morgan fingerprint density at radius 2 is 1.69 bits per heavy atom. The van der Waals surface area contributed by atoms with Crippen molar-refractivity contribution in [3.05, 3.63) is 59.7 Å². The van der Waals surface area contributed by atoms with Crippen LogP contribution in [0.4, 0.5) is 0 Å². The number of guanidine groups is 1. The third kappa shape index (κ3) is 8.13. The molecule has 0 aromatic heterocycles. The maximum atomic E-state index is 11.5. The second-order valence-electron chi connectivity index (χ2n) is 6.29. The molecule has 0 aliphatic rings. The van der Waals surface area contributed by atoms with Crippen LogP contribution in [0.3, 0.4) is 0 Å². The number of ether oxygens (including phenoxy) is 2. The molecule has 7 nitrogen and oxygen atoms in total. The normalized spacial score (nSPS) is 10.9. The Balaban J connectivity index is 1.92. The fourth-order valence-electron chi connectivity index (χ4n) is 2.57. The predicted octanol–water partition coefficient (Wildman–Crippen LogP) is 2.47. The van der Waals surface area contributed by atoms with Crippen molar-refractivity contribution in [3.63, 3.8) is 0 Å². The highest BCUT2D eigenvalue weighted by Gasteiger charge is 2.03. The third-order valence-electron chi connectivity index (χ3n) is 4.03. The molecule has 0 saturated carbocycles. The number of benzene rings is 2. The highest BCUT2D eigenvalue weighted by molar-refractivity contribution is 5.79. The number of nitrogens with zero attached hydrogens (tertiary/aromatic N) is 1. The molecule has 0 spiro atoms. The summed E-state index contributed by atoms with van der Waals surface area (Å²) in [5, 5.41) is 9.28. The fourth-order valence-corrected chi connectivity index (χ4v) is 2.57. The van der Waals surface area contributed by atoms with E-state index in [1.165, 1.54) is 0 Å². The molecule has 2 aromatic rings. The zero-order valence-electron chi connectivity index (χ0n) is 17.3. The Morgan fingerprint density at radius 1 is 0.931 bits per heavy atom. The summed E-state index contributed by atoms with van der Waals surface area (Å²) in [7, 11) is 1.66. The molecule has 1 amide bonds. The van der Waals surface area contributed by atoms with Gasteiger partial charge in [-0.05, 0) is 49.2 Å². The van der Waals surface area contributed by atoms with Crippen molar-refractivity contribution in [2.75, 3.05) is 26.8 Å². The van der Waals surface area contributed by atoms with E-state index in [1.807, 2.05) is 62.4 Å². The first-order chi connectivity index (χ1) is 14.1. The summed E-state index contributed by atoms with van der Waals surface area (Å²) in [6, 6.07) is 15.5. The maximum absolute atomic E-state index is 11.5. The second-order valence-corrected chi connectivity index (χ2v) is 6.29. The van der Waals surface area contributed by atoms with E-state index in [9.17, 15) is 4.79 Å². The number of carbonyl (C=O) groups is 1. The lowest BCUT2D eigenvalue weighted by atomic mass is 10.2. The summed E-state index contributed by atoms with van der Waals surface area (Å²) in [6.45, 7) is 6.42. The lowest BCUT2D eigenvalue weighted by Gasteiger charge is -2.12. The summed E-state index contributed by atoms with van der Waals surface area (Å²) >= 11 is 0. The van der Waals surface area contributed by atoms with Crippen molar-refractivity contribution in [2.24, 2.45) is 4.99 Å². The molecule has 0 fully saturated rings. The number of nitrogens with one attached hydrogen (secondary N) is 3. The minimum atomic E-state index is -0.131. The second kappa shape index (κ2) is 12.3. The van der Waals surface area contributed by atoms with Gasteiger partial charge in [0.25, 0.3) is 5.91 Å². The lowest BCUT2D eigenvalue weighted by Crippen LogP contribution is -2.36. The number of carbonyl (C=O) groups excluding carboxylic acids is 1. The number of hydrogen-bond acceptors (Lipinski definition) is 4. The SMILES string of the molecule is CCNC(=O)COc1cccc(CN=C(NCC)NCc2ccc(OC)cc2)c1. The monoisotopic (exact) mass is 398 g/mol. The van der Waals surface area contributed by atoms with Crippen LogP contribution in [0.15, 0.2) is 53.5 Å². The van der Waals surface area contributed by atoms with Crippen LogP contribution >= 0.6 is 0 Å². The van der Waals surface area contributed by atoms with E-state index in [2.05, 4.69) is 20.9 Å². The van der Waals surface area contributed by atoms with Crippen molar-refractivity contribution in [2.45, 2.75) is 26.9 Å². The summed E-state index contributed by atoms with van der Waals surface area (Å²) < 4.78 is 10.7. The lowest BCUT2D eigenvalue weighted by molar-refractivity contribution is -0.122. The van der Waals surface area contributed by atoms with Gasteiger partial charge in [0.2, 0.25) is 0 Å². The van der Waals surface area contributed by atoms with E-state index in [0.717, 1.165) is 29.4 Å². The molecule has 0 aliphatic carbocycles. The molecule has 0 bridgehead atoms. The number of likely N-dealkylation sites (N-methyl/N-ethyl adjacent to an activating group) is 1. The number of aliphatic imine (C=N–C) groups is 1. The van der Waals surface area contributed by atoms with Crippen LogP contribution in [0, 0.1) is 0 Å². The number of amides is 1. The van der Waals surface area contributed by atoms with E-state index in [-0.39, 0.29) is 12.5 Å². The van der Waals surface area contributed by atoms with Crippen LogP contribution in [0.25, 0.3) is 0 Å². The van der Waals surface area contributed by atoms with E-state index in [4.69, 9.17) is 9.47 Å². The van der Waals surface area contributed by atoms with Gasteiger partial charge in [-0.1, -0.05) is 24.3 Å². The average Bonchev–Trinajstić information content (AvgIpc) is 2.75. The van der Waals surface area contributed by atoms with Crippen molar-refractivity contribution in [3.8, 4) is 11.5 Å². The molecule has 0 atom stereocenters. The molecule has 7 heteroatoms. The van der Waals surface area contributed by atoms with Crippen molar-refractivity contribution >= 4 is 11.9 Å². The van der Waals surface area contributed by atoms with Gasteiger partial charge in [-0.25, -0.2) is 4.99 Å². The van der Waals surface area contributed by atoms with E-state index in [1.54, 1.807) is 7.11 Å². The Bertz CT molecular complexity index is 791. The summed E-state index contributed by atoms with van der Waals surface area (Å²) in [6.07, 6.45) is 0. The van der Waals surface area contributed by atoms with Crippen molar-refractivity contribution < 1.29 is 14.3 Å². The minimum Gasteiger partial charge on any atom is -0.497 e. The van der Waals surface area contributed by atoms with Crippen molar-refractivity contribution in [1.29, 1.82) is 0 Å². The standard InChI is InChI=1S/C22H30N4O3/c1-4-23-21(27)16-29-20-8-6-7-18(13-20)15-26-22(24-5-2)25-14-17-9-11-19(28-3)12-10-17/h6-13H,4-5,14-16H2,1-3H3,(H,23,27)(H2,24,25,26). The molecule has 0 unspecified atom stereocenters. The molecule has 0 saturated heterocycles. The molecule has 0 radical (unpaired) electrons. The molecule has 0 aliphatic heterocycles. The summed E-state index contributed by atoms with van der Waals surface area (Å²) in [5.41, 5.74) is 2.14. The van der Waals surface area contributed by atoms with Gasteiger partial charge >= 0.3 is 0 Å². The van der Waals surface area contributed by atoms with Crippen LogP contribution in [-0.4, -0.2) is 38.7 Å². The van der Waals surface area contributed by atoms with Crippen LogP contribution < -0.4 is 25.4 Å². The van der Waals surface area contributed by atoms with Gasteiger partial charge in [0, 0.05) is 19.6 Å². The maximum Gasteiger partial charge on any atom is 0.257 e. The Hall–Kier alpha value is -3.22. The van der Waals surface area contributed by atoms with Crippen LogP contribution in [0.2, 0.25) is 0 Å². The van der Waals surface area contributed by atoms with Crippen molar-refractivity contribution in [1.82, 2.24) is 16.0 Å². The van der Waals surface area contributed by atoms with Gasteiger partial charge in [0.05, 0.1) is 13.7 Å². The van der Waals surface area contributed by atoms with E-state index >= 15 is 0 Å². The topological polar surface area (TPSA) is 84.0 Å². The Labute approximate surface area is 172 Å². The van der Waals surface area contributed by atoms with Crippen LogP contribution in [-0.2, 0) is 17.9 Å². The van der Waals surface area contributed by atoms with Crippen LogP contribution in [0.1, 0.15) is 25.0 Å². The van der Waals surface area contributed by atoms with Gasteiger partial charge in [-0.3, -0.25) is 4.79 Å². The first-order valence-electron chi connectivity index (χ1n) is 9.78. The van der Waals surface area contributed by atoms with Gasteiger partial charge < -0.3 is 25.4 Å². The molecular formula is C22H30N4O3. The zero-order valence-corrected chi connectivity index (χ0v) is 17.3. The van der Waals surface area contributed by atoms with Gasteiger partial charge in [-0.15, -0.1) is 0 Å². The highest BCUT2D eigenvalue weighted by atomic mass is 16.5. The molecule has 0 heterocycles. The molecule has 2 aromatic carbocycles. The van der Waals surface area contributed by atoms with E-state index < -0.39 is 0 Å². The minimum absolute atomic E-state index is 0.00657. The highest BCUT2D eigenvalue weighted by Crippen LogP contribution is 2.14. The zero-order chi connectivity index (χ0) is 20.9. The largest absolute Gasteiger partial charge is 0.497 e. The molecular weight excluding hydrogens is 368 g/mol. The molecule has 3 N–H and O–H groups in total. The quantitative estimate of drug-likeness (QED) is 0.423. The number of methoxy groups -OCH3 is 1. The van der Waals surface area contributed by atoms with Gasteiger partial charge in [0.15, 0.2) is 12.6 Å². The number of rotatable bonds is 10. The first kappa shape index (κ1) is 22.1. The first-order valence-corrected chi connectivity index (χ1v) is 9.78. The Morgan fingerprint density at radius 3 is 2.38 bits per heavy atom. The Kier molecular flexibility index (Phi) is 9.35. The third-order valence-corrected chi connectivity index (χ3v) is 4.03. The van der Waals surface area contributed by atoms with Gasteiger partial charge in [0.1, 0.15) is 11.5 Å². The summed E-state index contributed by atoms with van der Waals surface area (Å²) in [5.74, 6) is 2.09. The summed E-state index contributed by atoms with van der Waals surface area (Å²) in [4.78, 5) is 16.2. The van der Waals surface area contributed by atoms with Crippen LogP contribution in [0.5, 0.6) is 11.5 Å².